The molecule has 2 amide bonds. The first-order valence-corrected chi connectivity index (χ1v) is 14.5. The molecule has 206 valence electrons. The first-order valence-electron chi connectivity index (χ1n) is 14.5. The van der Waals surface area contributed by atoms with E-state index in [0.29, 0.717) is 11.3 Å². The van der Waals surface area contributed by atoms with Crippen molar-refractivity contribution < 1.29 is 14.0 Å². The van der Waals surface area contributed by atoms with Gasteiger partial charge in [-0.25, -0.2) is 4.39 Å². The molecule has 2 aliphatic rings. The van der Waals surface area contributed by atoms with Gasteiger partial charge < -0.3 is 14.8 Å². The van der Waals surface area contributed by atoms with Gasteiger partial charge in [0.25, 0.3) is 11.8 Å². The third-order valence-corrected chi connectivity index (χ3v) is 8.73. The number of aromatic nitrogens is 1. The molecular weight excluding hydrogens is 501 g/mol. The highest BCUT2D eigenvalue weighted by Crippen LogP contribution is 2.41. The molecule has 0 radical (unpaired) electrons. The van der Waals surface area contributed by atoms with Gasteiger partial charge in [0.1, 0.15) is 11.5 Å². The van der Waals surface area contributed by atoms with E-state index in [1.165, 1.54) is 25.3 Å². The Kier molecular flexibility index (Phi) is 7.18. The molecule has 0 spiro atoms. The summed E-state index contributed by atoms with van der Waals surface area (Å²) >= 11 is 0. The number of carbonyl (C=O) groups excluding carboxylic acids is 2. The Morgan fingerprint density at radius 2 is 1.62 bits per heavy atom. The molecule has 0 bridgehead atoms. The van der Waals surface area contributed by atoms with Crippen molar-refractivity contribution >= 4 is 22.7 Å². The summed E-state index contributed by atoms with van der Waals surface area (Å²) < 4.78 is 17.0. The molecule has 1 aliphatic heterocycles. The summed E-state index contributed by atoms with van der Waals surface area (Å²) in [5, 5.41) is 4.34. The number of rotatable bonds is 5. The number of fused-ring (bicyclic) bond motifs is 3. The van der Waals surface area contributed by atoms with E-state index >= 15 is 4.39 Å². The maximum absolute atomic E-state index is 15.0. The van der Waals surface area contributed by atoms with Crippen molar-refractivity contribution in [2.75, 3.05) is 0 Å². The molecule has 1 aromatic heterocycles. The van der Waals surface area contributed by atoms with Gasteiger partial charge in [0.05, 0.1) is 13.1 Å². The van der Waals surface area contributed by atoms with E-state index in [2.05, 4.69) is 11.4 Å². The molecule has 6 heteroatoms. The number of benzene rings is 3. The molecule has 5 nitrogen and oxygen atoms in total. The van der Waals surface area contributed by atoms with Crippen molar-refractivity contribution in [3.05, 3.63) is 107 Å². The monoisotopic (exact) mass is 537 g/mol. The Balaban J connectivity index is 1.53. The molecule has 1 saturated carbocycles. The van der Waals surface area contributed by atoms with Crippen molar-refractivity contribution in [2.45, 2.75) is 76.5 Å². The Morgan fingerprint density at radius 1 is 0.925 bits per heavy atom. The fourth-order valence-electron chi connectivity index (χ4n) is 6.53. The largest absolute Gasteiger partial charge is 0.351 e. The number of carbonyl (C=O) groups is 2. The molecule has 0 unspecified atom stereocenters. The predicted molar refractivity (Wildman–Crippen MR) is 155 cm³/mol. The van der Waals surface area contributed by atoms with Crippen LogP contribution in [0.15, 0.2) is 78.9 Å². The lowest BCUT2D eigenvalue weighted by atomic mass is 9.83. The first kappa shape index (κ1) is 26.3. The van der Waals surface area contributed by atoms with E-state index in [-0.39, 0.29) is 36.8 Å². The fraction of sp³-hybridized carbons (Fsp3) is 0.353. The van der Waals surface area contributed by atoms with Crippen molar-refractivity contribution in [1.82, 2.24) is 14.8 Å². The second kappa shape index (κ2) is 10.9. The minimum absolute atomic E-state index is 0.0148. The molecule has 0 saturated heterocycles. The van der Waals surface area contributed by atoms with Crippen molar-refractivity contribution in [3.8, 4) is 0 Å². The van der Waals surface area contributed by atoms with Gasteiger partial charge in [-0.05, 0) is 49.1 Å². The average molecular weight is 538 g/mol. The predicted octanol–water partition coefficient (Wildman–Crippen LogP) is 6.87. The summed E-state index contributed by atoms with van der Waals surface area (Å²) in [6.45, 7) is 2.26. The maximum atomic E-state index is 15.0. The topological polar surface area (TPSA) is 54.3 Å². The van der Waals surface area contributed by atoms with E-state index < -0.39 is 5.54 Å². The Morgan fingerprint density at radius 3 is 2.38 bits per heavy atom. The van der Waals surface area contributed by atoms with Gasteiger partial charge in [-0.3, -0.25) is 9.59 Å². The number of nitrogens with zero attached hydrogens (tertiary/aromatic N) is 2. The summed E-state index contributed by atoms with van der Waals surface area (Å²) in [7, 11) is 0. The third-order valence-electron chi connectivity index (χ3n) is 8.73. The minimum Gasteiger partial charge on any atom is -0.351 e. The number of halogens is 1. The van der Waals surface area contributed by atoms with Crippen LogP contribution in [-0.4, -0.2) is 27.3 Å². The van der Waals surface area contributed by atoms with Crippen LogP contribution in [-0.2, 0) is 23.4 Å². The molecule has 4 aromatic rings. The van der Waals surface area contributed by atoms with Crippen molar-refractivity contribution in [1.29, 1.82) is 0 Å². The summed E-state index contributed by atoms with van der Waals surface area (Å²) in [6, 6.07) is 24.1. The summed E-state index contributed by atoms with van der Waals surface area (Å²) in [5.74, 6) is -0.867. The van der Waals surface area contributed by atoms with E-state index in [1.54, 1.807) is 23.1 Å². The van der Waals surface area contributed by atoms with Crippen LogP contribution in [0.5, 0.6) is 0 Å². The number of hydrogen-bond acceptors (Lipinski definition) is 2. The lowest BCUT2D eigenvalue weighted by Crippen LogP contribution is -2.64. The molecule has 1 aliphatic carbocycles. The molecular formula is C34H36FN3O2. The lowest BCUT2D eigenvalue weighted by molar-refractivity contribution is -0.136. The standard InChI is InChI=1S/C34H36FN3O2/c1-24-18-19-25-21-31-32(39)38(22-26-12-10-11-17-29(26)35)34(23-37(31)30(25)20-24,27-13-6-5-7-14-27)33(40)36-28-15-8-3-2-4-9-16-28/h5-7,10-14,17-21,28H,2-4,8-9,15-16,22-23H2,1H3,(H,36,40)/t34-/m1/s1. The summed E-state index contributed by atoms with van der Waals surface area (Å²) in [5.41, 5.74) is 2.28. The van der Waals surface area contributed by atoms with Gasteiger partial charge in [-0.15, -0.1) is 0 Å². The minimum atomic E-state index is -1.36. The molecule has 1 N–H and O–H groups in total. The summed E-state index contributed by atoms with van der Waals surface area (Å²) in [4.78, 5) is 30.8. The molecule has 1 fully saturated rings. The van der Waals surface area contributed by atoms with Gasteiger partial charge in [-0.2, -0.15) is 0 Å². The van der Waals surface area contributed by atoms with Crippen LogP contribution < -0.4 is 5.32 Å². The van der Waals surface area contributed by atoms with Gasteiger partial charge in [-0.1, -0.05) is 92.8 Å². The van der Waals surface area contributed by atoms with Crippen molar-refractivity contribution in [3.63, 3.8) is 0 Å². The van der Waals surface area contributed by atoms with Crippen LogP contribution in [0.1, 0.15) is 72.1 Å². The number of amides is 2. The highest BCUT2D eigenvalue weighted by atomic mass is 19.1. The van der Waals surface area contributed by atoms with Gasteiger partial charge in [0.15, 0.2) is 5.54 Å². The van der Waals surface area contributed by atoms with Crippen LogP contribution in [0.4, 0.5) is 4.39 Å². The number of hydrogen-bond donors (Lipinski definition) is 1. The zero-order valence-corrected chi connectivity index (χ0v) is 23.0. The Hall–Kier alpha value is -3.93. The van der Waals surface area contributed by atoms with Crippen molar-refractivity contribution in [2.24, 2.45) is 0 Å². The van der Waals surface area contributed by atoms with Gasteiger partial charge in [0.2, 0.25) is 0 Å². The molecule has 2 heterocycles. The van der Waals surface area contributed by atoms with Crippen LogP contribution in [0.25, 0.3) is 10.9 Å². The van der Waals surface area contributed by atoms with Crippen LogP contribution in [0.3, 0.4) is 0 Å². The van der Waals surface area contributed by atoms with E-state index in [1.807, 2.05) is 60.0 Å². The fourth-order valence-corrected chi connectivity index (χ4v) is 6.53. The third kappa shape index (κ3) is 4.70. The Bertz CT molecular complexity index is 1540. The SMILES string of the molecule is Cc1ccc2cc3n(c2c1)C[C@](C(=O)NC1CCCCCCC1)(c1ccccc1)N(Cc1ccccc1F)C3=O. The first-order chi connectivity index (χ1) is 19.5. The Labute approximate surface area is 235 Å². The molecule has 3 aromatic carbocycles. The highest BCUT2D eigenvalue weighted by molar-refractivity contribution is 6.04. The normalized spacial score (nSPS) is 20.1. The maximum Gasteiger partial charge on any atom is 0.272 e. The zero-order valence-electron chi connectivity index (χ0n) is 23.0. The smallest absolute Gasteiger partial charge is 0.272 e. The highest BCUT2D eigenvalue weighted by Gasteiger charge is 2.53. The zero-order chi connectivity index (χ0) is 27.7. The second-order valence-corrected chi connectivity index (χ2v) is 11.4. The second-order valence-electron chi connectivity index (χ2n) is 11.4. The van der Waals surface area contributed by atoms with Gasteiger partial charge >= 0.3 is 0 Å². The van der Waals surface area contributed by atoms with Crippen LogP contribution in [0.2, 0.25) is 0 Å². The molecule has 6 rings (SSSR count). The van der Waals surface area contributed by atoms with Crippen LogP contribution >= 0.6 is 0 Å². The van der Waals surface area contributed by atoms with Crippen LogP contribution in [0, 0.1) is 12.7 Å². The molecule has 1 atom stereocenters. The quantitative estimate of drug-likeness (QED) is 0.302. The van der Waals surface area contributed by atoms with E-state index in [9.17, 15) is 9.59 Å². The van der Waals surface area contributed by atoms with E-state index in [4.69, 9.17) is 0 Å². The number of aryl methyl sites for hydroxylation is 1. The van der Waals surface area contributed by atoms with Gasteiger partial charge in [0, 0.05) is 22.5 Å². The number of nitrogens with one attached hydrogen (secondary N) is 1. The summed E-state index contributed by atoms with van der Waals surface area (Å²) in [6.07, 6.45) is 7.59. The lowest BCUT2D eigenvalue weighted by Gasteiger charge is -2.47. The van der Waals surface area contributed by atoms with E-state index in [0.717, 1.165) is 47.7 Å². The molecule has 40 heavy (non-hydrogen) atoms. The average Bonchev–Trinajstić information content (AvgIpc) is 3.30.